The number of hydroxylamine groups is 2. The quantitative estimate of drug-likeness (QED) is 0.180. The number of likely N-dealkylation sites (N-methyl/N-ethyl adjacent to an activating group) is 1. The van der Waals surface area contributed by atoms with E-state index in [1.807, 2.05) is 65.6 Å². The summed E-state index contributed by atoms with van der Waals surface area (Å²) in [4.78, 5) is 49.3. The van der Waals surface area contributed by atoms with Crippen LogP contribution in [0.2, 0.25) is 0 Å². The molecule has 1 fully saturated rings. The molecule has 1 saturated heterocycles. The molecule has 3 aromatic rings. The maximum Gasteiger partial charge on any atom is 0.277 e. The summed E-state index contributed by atoms with van der Waals surface area (Å²) in [6.45, 7) is 4.45. The van der Waals surface area contributed by atoms with Gasteiger partial charge in [-0.05, 0) is 86.7 Å². The van der Waals surface area contributed by atoms with Gasteiger partial charge < -0.3 is 20.9 Å². The van der Waals surface area contributed by atoms with Crippen LogP contribution in [-0.4, -0.2) is 86.0 Å². The Morgan fingerprint density at radius 1 is 0.844 bits per heavy atom. The second-order valence-corrected chi connectivity index (χ2v) is 11.6. The fourth-order valence-electron chi connectivity index (χ4n) is 5.48. The number of nitrogens with one attached hydrogen (secondary N) is 1. The SMILES string of the molecule is CN1CCN(C(=O)CCCCCON(C)C(=O)c2ccc(NC(=O)c3ccccc3CCCCN)cc2-c2ccccc2)CC1. The molecule has 0 atom stereocenters. The summed E-state index contributed by atoms with van der Waals surface area (Å²) in [7, 11) is 3.69. The number of hydrogen-bond donors (Lipinski definition) is 2. The number of benzene rings is 3. The number of hydrogen-bond acceptors (Lipinski definition) is 6. The van der Waals surface area contributed by atoms with Gasteiger partial charge in [0.05, 0.1) is 6.61 Å². The van der Waals surface area contributed by atoms with Crippen LogP contribution in [-0.2, 0) is 16.1 Å². The number of carbonyl (C=O) groups is 3. The van der Waals surface area contributed by atoms with E-state index in [2.05, 4.69) is 17.3 Å². The van der Waals surface area contributed by atoms with Crippen LogP contribution in [0, 0.1) is 0 Å². The molecule has 240 valence electrons. The third kappa shape index (κ3) is 9.97. The predicted molar refractivity (Wildman–Crippen MR) is 179 cm³/mol. The molecule has 0 aromatic heterocycles. The summed E-state index contributed by atoms with van der Waals surface area (Å²) in [6, 6.07) is 22.6. The minimum atomic E-state index is -0.276. The second-order valence-electron chi connectivity index (χ2n) is 11.6. The number of piperazine rings is 1. The summed E-state index contributed by atoms with van der Waals surface area (Å²) < 4.78 is 0. The Morgan fingerprint density at radius 3 is 2.33 bits per heavy atom. The third-order valence-corrected chi connectivity index (χ3v) is 8.22. The van der Waals surface area contributed by atoms with Crippen molar-refractivity contribution in [3.8, 4) is 11.1 Å². The molecule has 1 heterocycles. The van der Waals surface area contributed by atoms with E-state index in [0.717, 1.165) is 75.8 Å². The largest absolute Gasteiger partial charge is 0.340 e. The molecular weight excluding hydrogens is 566 g/mol. The van der Waals surface area contributed by atoms with Crippen molar-refractivity contribution < 1.29 is 19.2 Å². The highest BCUT2D eigenvalue weighted by molar-refractivity contribution is 6.07. The summed E-state index contributed by atoms with van der Waals surface area (Å²) in [5.74, 6) is -0.250. The molecule has 9 heteroatoms. The molecule has 3 aromatic carbocycles. The van der Waals surface area contributed by atoms with Gasteiger partial charge in [0.15, 0.2) is 0 Å². The molecule has 0 radical (unpaired) electrons. The van der Waals surface area contributed by atoms with Crippen molar-refractivity contribution in [3.05, 3.63) is 89.5 Å². The lowest BCUT2D eigenvalue weighted by Gasteiger charge is -2.32. The number of nitrogens with two attached hydrogens (primary N) is 1. The van der Waals surface area contributed by atoms with Crippen molar-refractivity contribution >= 4 is 23.4 Å². The normalized spacial score (nSPS) is 13.4. The van der Waals surface area contributed by atoms with Crippen molar-refractivity contribution in [1.29, 1.82) is 0 Å². The summed E-state index contributed by atoms with van der Waals surface area (Å²) in [5, 5.41) is 4.30. The summed E-state index contributed by atoms with van der Waals surface area (Å²) >= 11 is 0. The van der Waals surface area contributed by atoms with Crippen molar-refractivity contribution in [2.75, 3.05) is 58.7 Å². The van der Waals surface area contributed by atoms with Crippen molar-refractivity contribution in [2.24, 2.45) is 5.73 Å². The van der Waals surface area contributed by atoms with Crippen molar-refractivity contribution in [3.63, 3.8) is 0 Å². The molecule has 0 spiro atoms. The zero-order valence-electron chi connectivity index (χ0n) is 26.7. The van der Waals surface area contributed by atoms with Crippen LogP contribution in [0.25, 0.3) is 11.1 Å². The number of rotatable bonds is 15. The van der Waals surface area contributed by atoms with E-state index in [1.54, 1.807) is 19.2 Å². The molecule has 0 unspecified atom stereocenters. The van der Waals surface area contributed by atoms with E-state index in [-0.39, 0.29) is 17.7 Å². The van der Waals surface area contributed by atoms with E-state index in [0.29, 0.717) is 42.0 Å². The van der Waals surface area contributed by atoms with E-state index in [1.165, 1.54) is 5.06 Å². The molecule has 1 aliphatic rings. The highest BCUT2D eigenvalue weighted by Gasteiger charge is 2.20. The maximum absolute atomic E-state index is 13.5. The van der Waals surface area contributed by atoms with Gasteiger partial charge in [-0.1, -0.05) is 55.0 Å². The summed E-state index contributed by atoms with van der Waals surface area (Å²) in [5.41, 5.74) is 9.91. The lowest BCUT2D eigenvalue weighted by molar-refractivity contribution is -0.133. The van der Waals surface area contributed by atoms with Gasteiger partial charge in [-0.2, -0.15) is 0 Å². The fraction of sp³-hybridized carbons (Fsp3) is 0.417. The van der Waals surface area contributed by atoms with Gasteiger partial charge in [0.25, 0.3) is 11.8 Å². The fourth-order valence-corrected chi connectivity index (χ4v) is 5.48. The summed E-state index contributed by atoms with van der Waals surface area (Å²) in [6.07, 6.45) is 5.55. The minimum Gasteiger partial charge on any atom is -0.340 e. The van der Waals surface area contributed by atoms with Crippen molar-refractivity contribution in [2.45, 2.75) is 44.9 Å². The standard InChI is InChI=1S/C36H47N5O4/c1-39-22-24-41(25-23-39)34(42)18-7-4-12-26-45-40(2)36(44)32-20-19-30(27-33(32)29-13-5-3-6-14-29)38-35(43)31-17-9-8-15-28(31)16-10-11-21-37/h3,5-6,8-9,13-15,17,19-20,27H,4,7,10-12,16,18,21-26,37H2,1-2H3,(H,38,43). The Kier molecular flexibility index (Phi) is 13.1. The van der Waals surface area contributed by atoms with Crippen LogP contribution in [0.1, 0.15) is 64.8 Å². The number of amides is 3. The van der Waals surface area contributed by atoms with Gasteiger partial charge in [-0.25, -0.2) is 5.06 Å². The molecule has 4 rings (SSSR count). The lowest BCUT2D eigenvalue weighted by Crippen LogP contribution is -2.47. The first kappa shape index (κ1) is 33.8. The molecule has 1 aliphatic heterocycles. The topological polar surface area (TPSA) is 108 Å². The molecule has 3 N–H and O–H groups in total. The van der Waals surface area contributed by atoms with Crippen LogP contribution < -0.4 is 11.1 Å². The van der Waals surface area contributed by atoms with Crippen LogP contribution in [0.3, 0.4) is 0 Å². The van der Waals surface area contributed by atoms with Gasteiger partial charge in [-0.15, -0.1) is 0 Å². The molecule has 45 heavy (non-hydrogen) atoms. The molecular formula is C36H47N5O4. The Morgan fingerprint density at radius 2 is 1.58 bits per heavy atom. The highest BCUT2D eigenvalue weighted by Crippen LogP contribution is 2.29. The van der Waals surface area contributed by atoms with Crippen LogP contribution >= 0.6 is 0 Å². The molecule has 9 nitrogen and oxygen atoms in total. The Hall–Kier alpha value is -4.05. The number of carbonyl (C=O) groups excluding carboxylic acids is 3. The smallest absolute Gasteiger partial charge is 0.277 e. The lowest BCUT2D eigenvalue weighted by atomic mass is 9.98. The van der Waals surface area contributed by atoms with E-state index in [4.69, 9.17) is 10.6 Å². The zero-order valence-corrected chi connectivity index (χ0v) is 26.7. The van der Waals surface area contributed by atoms with E-state index in [9.17, 15) is 14.4 Å². The second kappa shape index (κ2) is 17.4. The zero-order chi connectivity index (χ0) is 32.0. The van der Waals surface area contributed by atoms with Crippen LogP contribution in [0.5, 0.6) is 0 Å². The monoisotopic (exact) mass is 613 g/mol. The van der Waals surface area contributed by atoms with Gasteiger partial charge in [-0.3, -0.25) is 19.2 Å². The predicted octanol–water partition coefficient (Wildman–Crippen LogP) is 5.23. The van der Waals surface area contributed by atoms with Gasteiger partial charge in [0, 0.05) is 56.5 Å². The van der Waals surface area contributed by atoms with E-state index >= 15 is 0 Å². The first-order valence-electron chi connectivity index (χ1n) is 16.0. The van der Waals surface area contributed by atoms with Gasteiger partial charge in [0.2, 0.25) is 5.91 Å². The number of nitrogens with zero attached hydrogens (tertiary/aromatic N) is 3. The van der Waals surface area contributed by atoms with Crippen molar-refractivity contribution in [1.82, 2.24) is 14.9 Å². The Labute approximate surface area is 267 Å². The van der Waals surface area contributed by atoms with Gasteiger partial charge >= 0.3 is 0 Å². The number of anilines is 1. The molecule has 0 aliphatic carbocycles. The highest BCUT2D eigenvalue weighted by atomic mass is 16.7. The third-order valence-electron chi connectivity index (χ3n) is 8.22. The first-order valence-corrected chi connectivity index (χ1v) is 16.0. The van der Waals surface area contributed by atoms with Crippen LogP contribution in [0.4, 0.5) is 5.69 Å². The Bertz CT molecular complexity index is 1410. The van der Waals surface area contributed by atoms with Gasteiger partial charge in [0.1, 0.15) is 0 Å². The molecule has 0 bridgehead atoms. The Balaban J connectivity index is 1.35. The molecule has 3 amide bonds. The number of unbranched alkanes of at least 4 members (excludes halogenated alkanes) is 3. The molecule has 0 saturated carbocycles. The first-order chi connectivity index (χ1) is 21.9. The maximum atomic E-state index is 13.5. The average molecular weight is 614 g/mol. The average Bonchev–Trinajstić information content (AvgIpc) is 3.06. The minimum absolute atomic E-state index is 0.192. The van der Waals surface area contributed by atoms with E-state index < -0.39 is 0 Å². The number of aryl methyl sites for hydroxylation is 1. The van der Waals surface area contributed by atoms with Crippen LogP contribution in [0.15, 0.2) is 72.8 Å².